The summed E-state index contributed by atoms with van der Waals surface area (Å²) >= 11 is 1.30. The number of ether oxygens (including phenoxy) is 1. The smallest absolute Gasteiger partial charge is 0.185 e. The lowest BCUT2D eigenvalue weighted by Crippen LogP contribution is -1.87. The van der Waals surface area contributed by atoms with Crippen LogP contribution in [0.3, 0.4) is 0 Å². The lowest BCUT2D eigenvalue weighted by Gasteiger charge is -2.00. The largest absolute Gasteiger partial charge is 0.495 e. The Morgan fingerprint density at radius 2 is 2.19 bits per heavy atom. The van der Waals surface area contributed by atoms with Crippen molar-refractivity contribution >= 4 is 16.9 Å². The molecular formula is C13H14O2S. The second-order valence-electron chi connectivity index (χ2n) is 3.09. The normalized spacial score (nSPS) is 9.12. The van der Waals surface area contributed by atoms with Crippen LogP contribution in [0.4, 0.5) is 0 Å². The fourth-order valence-electron chi connectivity index (χ4n) is 1.15. The van der Waals surface area contributed by atoms with Crippen LogP contribution in [-0.2, 0) is 4.79 Å². The second kappa shape index (κ2) is 6.97. The van der Waals surface area contributed by atoms with Crippen molar-refractivity contribution in [1.82, 2.24) is 0 Å². The predicted molar refractivity (Wildman–Crippen MR) is 67.6 cm³/mol. The van der Waals surface area contributed by atoms with Gasteiger partial charge in [0.05, 0.1) is 12.7 Å². The van der Waals surface area contributed by atoms with Crippen LogP contribution in [0.25, 0.3) is 0 Å². The molecule has 1 aromatic carbocycles. The highest BCUT2D eigenvalue weighted by molar-refractivity contribution is 8.13. The lowest BCUT2D eigenvalue weighted by molar-refractivity contribution is -0.109. The van der Waals surface area contributed by atoms with Crippen LogP contribution in [0.1, 0.15) is 18.9 Å². The van der Waals surface area contributed by atoms with Crippen LogP contribution < -0.4 is 4.74 Å². The molecule has 0 spiro atoms. The quantitative estimate of drug-likeness (QED) is 0.594. The zero-order valence-electron chi connectivity index (χ0n) is 9.45. The SMILES string of the molecule is COc1ccccc1C#CCCSC(C)=O. The first kappa shape index (κ1) is 12.7. The Kier molecular flexibility index (Phi) is 5.52. The first-order chi connectivity index (χ1) is 7.74. The molecule has 0 aromatic heterocycles. The lowest BCUT2D eigenvalue weighted by atomic mass is 10.2. The van der Waals surface area contributed by atoms with Crippen molar-refractivity contribution < 1.29 is 9.53 Å². The van der Waals surface area contributed by atoms with Gasteiger partial charge >= 0.3 is 0 Å². The van der Waals surface area contributed by atoms with E-state index >= 15 is 0 Å². The molecule has 0 fully saturated rings. The number of rotatable bonds is 3. The van der Waals surface area contributed by atoms with Gasteiger partial charge in [-0.2, -0.15) is 0 Å². The number of thioether (sulfide) groups is 1. The molecule has 0 heterocycles. The van der Waals surface area contributed by atoms with Gasteiger partial charge in [0.1, 0.15) is 5.75 Å². The number of carbonyl (C=O) groups excluding carboxylic acids is 1. The second-order valence-corrected chi connectivity index (χ2v) is 4.36. The van der Waals surface area contributed by atoms with Gasteiger partial charge in [0.25, 0.3) is 0 Å². The Bertz CT molecular complexity index is 415. The van der Waals surface area contributed by atoms with Gasteiger partial charge in [-0.05, 0) is 12.1 Å². The van der Waals surface area contributed by atoms with Crippen molar-refractivity contribution in [1.29, 1.82) is 0 Å². The van der Waals surface area contributed by atoms with Crippen molar-refractivity contribution in [3.63, 3.8) is 0 Å². The minimum Gasteiger partial charge on any atom is -0.495 e. The van der Waals surface area contributed by atoms with Crippen molar-refractivity contribution in [2.24, 2.45) is 0 Å². The Morgan fingerprint density at radius 1 is 1.44 bits per heavy atom. The average Bonchev–Trinajstić information content (AvgIpc) is 2.29. The Hall–Kier alpha value is -1.40. The van der Waals surface area contributed by atoms with Gasteiger partial charge in [-0.25, -0.2) is 0 Å². The highest BCUT2D eigenvalue weighted by atomic mass is 32.2. The Morgan fingerprint density at radius 3 is 2.88 bits per heavy atom. The van der Waals surface area contributed by atoms with Crippen LogP contribution in [0.2, 0.25) is 0 Å². The number of methoxy groups -OCH3 is 1. The molecule has 0 radical (unpaired) electrons. The average molecular weight is 234 g/mol. The molecule has 0 bridgehead atoms. The van der Waals surface area contributed by atoms with E-state index in [-0.39, 0.29) is 5.12 Å². The zero-order valence-corrected chi connectivity index (χ0v) is 10.3. The number of para-hydroxylation sites is 1. The molecule has 1 rings (SSSR count). The monoisotopic (exact) mass is 234 g/mol. The molecular weight excluding hydrogens is 220 g/mol. The summed E-state index contributed by atoms with van der Waals surface area (Å²) in [6, 6.07) is 7.64. The van der Waals surface area contributed by atoms with E-state index in [0.717, 1.165) is 17.1 Å². The van der Waals surface area contributed by atoms with E-state index in [1.807, 2.05) is 24.3 Å². The first-order valence-corrected chi connectivity index (χ1v) is 5.98. The summed E-state index contributed by atoms with van der Waals surface area (Å²) in [7, 11) is 1.63. The molecule has 3 heteroatoms. The standard InChI is InChI=1S/C13H14O2S/c1-11(14)16-10-6-5-8-12-7-3-4-9-13(12)15-2/h3-4,7,9H,6,10H2,1-2H3. The molecule has 0 atom stereocenters. The zero-order chi connectivity index (χ0) is 11.8. The molecule has 0 unspecified atom stereocenters. The number of carbonyl (C=O) groups is 1. The van der Waals surface area contributed by atoms with Crippen molar-refractivity contribution in [3.05, 3.63) is 29.8 Å². The van der Waals surface area contributed by atoms with Gasteiger partial charge in [0.2, 0.25) is 0 Å². The van der Waals surface area contributed by atoms with Crippen LogP contribution in [0, 0.1) is 11.8 Å². The molecule has 0 aliphatic heterocycles. The van der Waals surface area contributed by atoms with Gasteiger partial charge in [-0.15, -0.1) is 0 Å². The van der Waals surface area contributed by atoms with E-state index in [1.165, 1.54) is 11.8 Å². The summed E-state index contributed by atoms with van der Waals surface area (Å²) < 4.78 is 5.18. The topological polar surface area (TPSA) is 26.3 Å². The van der Waals surface area contributed by atoms with Crippen LogP contribution in [-0.4, -0.2) is 18.0 Å². The molecule has 16 heavy (non-hydrogen) atoms. The Labute approximate surface area is 100 Å². The predicted octanol–water partition coefficient (Wildman–Crippen LogP) is 2.72. The van der Waals surface area contributed by atoms with Crippen LogP contribution >= 0.6 is 11.8 Å². The summed E-state index contributed by atoms with van der Waals surface area (Å²) in [6.07, 6.45) is 0.711. The van der Waals surface area contributed by atoms with Gasteiger partial charge in [-0.3, -0.25) is 4.79 Å². The number of benzene rings is 1. The summed E-state index contributed by atoms with van der Waals surface area (Å²) in [6.45, 7) is 1.57. The molecule has 2 nitrogen and oxygen atoms in total. The molecule has 0 N–H and O–H groups in total. The molecule has 1 aromatic rings. The number of hydrogen-bond acceptors (Lipinski definition) is 3. The maximum atomic E-state index is 10.7. The van der Waals surface area contributed by atoms with E-state index in [2.05, 4.69) is 11.8 Å². The third-order valence-corrected chi connectivity index (χ3v) is 2.68. The minimum atomic E-state index is 0.138. The highest BCUT2D eigenvalue weighted by Crippen LogP contribution is 2.15. The molecule has 0 saturated heterocycles. The highest BCUT2D eigenvalue weighted by Gasteiger charge is 1.96. The summed E-state index contributed by atoms with van der Waals surface area (Å²) in [5, 5.41) is 0.138. The molecule has 0 saturated carbocycles. The third kappa shape index (κ3) is 4.41. The fraction of sp³-hybridized carbons (Fsp3) is 0.308. The molecule has 0 amide bonds. The van der Waals surface area contributed by atoms with Gasteiger partial charge in [0, 0.05) is 19.1 Å². The van der Waals surface area contributed by atoms with Crippen molar-refractivity contribution in [3.8, 4) is 17.6 Å². The molecule has 0 aliphatic carbocycles. The maximum absolute atomic E-state index is 10.7. The molecule has 0 aliphatic rings. The van der Waals surface area contributed by atoms with E-state index < -0.39 is 0 Å². The van der Waals surface area contributed by atoms with Gasteiger partial charge < -0.3 is 4.74 Å². The summed E-state index contributed by atoms with van der Waals surface area (Å²) in [4.78, 5) is 10.7. The van der Waals surface area contributed by atoms with Crippen LogP contribution in [0.15, 0.2) is 24.3 Å². The van der Waals surface area contributed by atoms with Crippen molar-refractivity contribution in [2.75, 3.05) is 12.9 Å². The van der Waals surface area contributed by atoms with Gasteiger partial charge in [-0.1, -0.05) is 35.7 Å². The van der Waals surface area contributed by atoms with E-state index in [9.17, 15) is 4.79 Å². The third-order valence-electron chi connectivity index (χ3n) is 1.86. The minimum absolute atomic E-state index is 0.138. The van der Waals surface area contributed by atoms with E-state index in [1.54, 1.807) is 14.0 Å². The Balaban J connectivity index is 2.52. The van der Waals surface area contributed by atoms with Crippen LogP contribution in [0.5, 0.6) is 5.75 Å². The first-order valence-electron chi connectivity index (χ1n) is 4.99. The van der Waals surface area contributed by atoms with Crippen molar-refractivity contribution in [2.45, 2.75) is 13.3 Å². The maximum Gasteiger partial charge on any atom is 0.185 e. The van der Waals surface area contributed by atoms with Gasteiger partial charge in [0.15, 0.2) is 5.12 Å². The van der Waals surface area contributed by atoms with E-state index in [0.29, 0.717) is 6.42 Å². The fourth-order valence-corrected chi connectivity index (χ4v) is 1.64. The molecule has 84 valence electrons. The summed E-state index contributed by atoms with van der Waals surface area (Å²) in [5.41, 5.74) is 0.887. The summed E-state index contributed by atoms with van der Waals surface area (Å²) in [5.74, 6) is 7.60. The van der Waals surface area contributed by atoms with E-state index in [4.69, 9.17) is 4.74 Å². The number of hydrogen-bond donors (Lipinski definition) is 0.